The number of aliphatic carboxylic acids is 1. The molecule has 0 aliphatic carbocycles. The van der Waals surface area contributed by atoms with Crippen LogP contribution in [-0.4, -0.2) is 53.1 Å². The van der Waals surface area contributed by atoms with Crippen molar-refractivity contribution in [2.45, 2.75) is 63.6 Å². The van der Waals surface area contributed by atoms with Gasteiger partial charge in [-0.15, -0.1) is 11.3 Å². The lowest BCUT2D eigenvalue weighted by Crippen LogP contribution is -2.52. The van der Waals surface area contributed by atoms with Crippen LogP contribution in [0.25, 0.3) is 0 Å². The van der Waals surface area contributed by atoms with Crippen molar-refractivity contribution in [2.24, 2.45) is 0 Å². The van der Waals surface area contributed by atoms with Crippen LogP contribution in [0.1, 0.15) is 60.8 Å². The lowest BCUT2D eigenvalue weighted by molar-refractivity contribution is -0.315. The zero-order valence-electron chi connectivity index (χ0n) is 14.9. The summed E-state index contributed by atoms with van der Waals surface area (Å²) in [4.78, 5) is 17.9. The second kappa shape index (κ2) is 9.12. The number of thiophene rings is 1. The molecule has 0 spiro atoms. The SMILES string of the molecule is O=C([O-])C(C(O)c1ccc(CN2CCCCCC2)s1)N1CCCCC1. The van der Waals surface area contributed by atoms with Crippen molar-refractivity contribution in [3.63, 3.8) is 0 Å². The minimum atomic E-state index is -1.17. The van der Waals surface area contributed by atoms with Crippen molar-refractivity contribution in [2.75, 3.05) is 26.2 Å². The molecule has 140 valence electrons. The number of nitrogens with zero attached hydrogens (tertiary/aromatic N) is 2. The summed E-state index contributed by atoms with van der Waals surface area (Å²) >= 11 is 1.54. The monoisotopic (exact) mass is 365 g/mol. The van der Waals surface area contributed by atoms with Crippen molar-refractivity contribution in [3.05, 3.63) is 21.9 Å². The summed E-state index contributed by atoms with van der Waals surface area (Å²) in [5.74, 6) is -1.17. The topological polar surface area (TPSA) is 66.8 Å². The van der Waals surface area contributed by atoms with Crippen LogP contribution in [0, 0.1) is 0 Å². The molecule has 2 saturated heterocycles. The number of hydrogen-bond acceptors (Lipinski definition) is 6. The van der Waals surface area contributed by atoms with Gasteiger partial charge in [0, 0.05) is 16.3 Å². The predicted molar refractivity (Wildman–Crippen MR) is 97.2 cm³/mol. The molecule has 1 aromatic rings. The van der Waals surface area contributed by atoms with Gasteiger partial charge in [0.05, 0.1) is 12.0 Å². The van der Waals surface area contributed by atoms with Gasteiger partial charge in [-0.2, -0.15) is 0 Å². The van der Waals surface area contributed by atoms with E-state index in [-0.39, 0.29) is 0 Å². The van der Waals surface area contributed by atoms with Crippen LogP contribution in [0.4, 0.5) is 0 Å². The zero-order valence-corrected chi connectivity index (χ0v) is 15.7. The Labute approximate surface area is 154 Å². The van der Waals surface area contributed by atoms with Gasteiger partial charge in [0.15, 0.2) is 0 Å². The number of aliphatic hydroxyl groups is 1. The maximum atomic E-state index is 11.7. The molecular formula is C19H29N2O3S-. The van der Waals surface area contributed by atoms with E-state index >= 15 is 0 Å². The smallest absolute Gasteiger partial charge is 0.109 e. The Bertz CT molecular complexity index is 549. The fourth-order valence-electron chi connectivity index (χ4n) is 3.98. The molecule has 2 aliphatic heterocycles. The zero-order chi connectivity index (χ0) is 17.6. The molecule has 25 heavy (non-hydrogen) atoms. The number of carbonyl (C=O) groups is 1. The number of piperidine rings is 1. The van der Waals surface area contributed by atoms with E-state index in [4.69, 9.17) is 0 Å². The maximum absolute atomic E-state index is 11.7. The lowest BCUT2D eigenvalue weighted by Gasteiger charge is -2.37. The minimum absolute atomic E-state index is 0.724. The molecule has 1 aromatic heterocycles. The Morgan fingerprint density at radius 3 is 2.28 bits per heavy atom. The molecule has 2 fully saturated rings. The first-order valence-corrected chi connectivity index (χ1v) is 10.4. The van der Waals surface area contributed by atoms with Gasteiger partial charge in [-0.3, -0.25) is 9.80 Å². The van der Waals surface area contributed by atoms with Gasteiger partial charge in [0.25, 0.3) is 0 Å². The van der Waals surface area contributed by atoms with Gasteiger partial charge in [-0.25, -0.2) is 0 Å². The molecule has 3 heterocycles. The fourth-order valence-corrected chi connectivity index (χ4v) is 5.05. The van der Waals surface area contributed by atoms with Crippen LogP contribution in [0.3, 0.4) is 0 Å². The van der Waals surface area contributed by atoms with E-state index in [9.17, 15) is 15.0 Å². The highest BCUT2D eigenvalue weighted by atomic mass is 32.1. The van der Waals surface area contributed by atoms with E-state index in [1.807, 2.05) is 17.0 Å². The number of carboxylic acid groups (broad SMARTS) is 1. The largest absolute Gasteiger partial charge is 0.548 e. The first-order chi connectivity index (χ1) is 12.1. The molecule has 2 atom stereocenters. The van der Waals surface area contributed by atoms with Gasteiger partial charge in [0.2, 0.25) is 0 Å². The fraction of sp³-hybridized carbons (Fsp3) is 0.737. The third-order valence-electron chi connectivity index (χ3n) is 5.38. The van der Waals surface area contributed by atoms with Crippen LogP contribution in [-0.2, 0) is 11.3 Å². The molecule has 2 aliphatic rings. The maximum Gasteiger partial charge on any atom is 0.109 e. The van der Waals surface area contributed by atoms with Gasteiger partial charge in [0.1, 0.15) is 6.10 Å². The molecule has 0 bridgehead atoms. The van der Waals surface area contributed by atoms with Crippen molar-refractivity contribution in [3.8, 4) is 0 Å². The van der Waals surface area contributed by atoms with Crippen molar-refractivity contribution in [1.82, 2.24) is 9.80 Å². The Morgan fingerprint density at radius 2 is 1.64 bits per heavy atom. The number of aliphatic hydroxyl groups excluding tert-OH is 1. The second-order valence-corrected chi connectivity index (χ2v) is 8.50. The van der Waals surface area contributed by atoms with Gasteiger partial charge in [-0.1, -0.05) is 19.3 Å². The minimum Gasteiger partial charge on any atom is -0.548 e. The average molecular weight is 366 g/mol. The summed E-state index contributed by atoms with van der Waals surface area (Å²) in [7, 11) is 0. The summed E-state index contributed by atoms with van der Waals surface area (Å²) in [6.07, 6.45) is 7.23. The Kier molecular flexibility index (Phi) is 6.87. The number of hydrogen-bond donors (Lipinski definition) is 1. The average Bonchev–Trinajstić information content (AvgIpc) is 2.91. The lowest BCUT2D eigenvalue weighted by atomic mass is 10.0. The summed E-state index contributed by atoms with van der Waals surface area (Å²) in [5, 5.41) is 22.4. The molecule has 0 saturated carbocycles. The summed E-state index contributed by atoms with van der Waals surface area (Å²) in [6, 6.07) is 2.99. The molecule has 2 unspecified atom stereocenters. The molecular weight excluding hydrogens is 336 g/mol. The van der Waals surface area contributed by atoms with Gasteiger partial charge in [-0.05, 0) is 64.0 Å². The first-order valence-electron chi connectivity index (χ1n) is 9.59. The highest BCUT2D eigenvalue weighted by Crippen LogP contribution is 2.30. The Morgan fingerprint density at radius 1 is 1.04 bits per heavy atom. The highest BCUT2D eigenvalue weighted by Gasteiger charge is 2.30. The molecule has 5 nitrogen and oxygen atoms in total. The number of likely N-dealkylation sites (tertiary alicyclic amines) is 2. The normalized spacial score (nSPS) is 23.1. The van der Waals surface area contributed by atoms with E-state index in [1.54, 1.807) is 11.3 Å². The highest BCUT2D eigenvalue weighted by molar-refractivity contribution is 7.12. The molecule has 0 amide bonds. The van der Waals surface area contributed by atoms with Gasteiger partial charge >= 0.3 is 0 Å². The van der Waals surface area contributed by atoms with Gasteiger partial charge < -0.3 is 15.0 Å². The molecule has 1 N–H and O–H groups in total. The quantitative estimate of drug-likeness (QED) is 0.832. The Hall–Kier alpha value is -0.950. The Balaban J connectivity index is 1.65. The van der Waals surface area contributed by atoms with E-state index in [0.717, 1.165) is 56.9 Å². The van der Waals surface area contributed by atoms with E-state index in [0.29, 0.717) is 0 Å². The molecule has 6 heteroatoms. The first kappa shape index (κ1) is 18.8. The molecule has 0 aromatic carbocycles. The second-order valence-electron chi connectivity index (χ2n) is 7.30. The van der Waals surface area contributed by atoms with Crippen molar-refractivity contribution < 1.29 is 15.0 Å². The van der Waals surface area contributed by atoms with E-state index in [1.165, 1.54) is 30.6 Å². The predicted octanol–water partition coefficient (Wildman–Crippen LogP) is 1.76. The number of carboxylic acids is 1. The van der Waals surface area contributed by atoms with Crippen LogP contribution in [0.5, 0.6) is 0 Å². The van der Waals surface area contributed by atoms with Crippen molar-refractivity contribution >= 4 is 17.3 Å². The molecule has 3 rings (SSSR count). The van der Waals surface area contributed by atoms with Crippen LogP contribution in [0.2, 0.25) is 0 Å². The van der Waals surface area contributed by atoms with Crippen molar-refractivity contribution in [1.29, 1.82) is 0 Å². The number of carbonyl (C=O) groups excluding carboxylic acids is 1. The standard InChI is InChI=1S/C19H30N2O3S/c22-18(17(19(23)24)21-12-6-3-7-13-21)16-9-8-15(25-16)14-20-10-4-1-2-5-11-20/h8-9,17-18,22H,1-7,10-14H2,(H,23,24)/p-1. The molecule has 0 radical (unpaired) electrons. The van der Waals surface area contributed by atoms with Crippen LogP contribution < -0.4 is 5.11 Å². The third-order valence-corrected chi connectivity index (χ3v) is 6.52. The van der Waals surface area contributed by atoms with Crippen LogP contribution >= 0.6 is 11.3 Å². The summed E-state index contributed by atoms with van der Waals surface area (Å²) < 4.78 is 0. The number of rotatable bonds is 6. The van der Waals surface area contributed by atoms with Crippen LogP contribution in [0.15, 0.2) is 12.1 Å². The summed E-state index contributed by atoms with van der Waals surface area (Å²) in [5.41, 5.74) is 0. The van der Waals surface area contributed by atoms with E-state index < -0.39 is 18.1 Å². The summed E-state index contributed by atoms with van der Waals surface area (Å²) in [6.45, 7) is 4.61. The van der Waals surface area contributed by atoms with E-state index in [2.05, 4.69) is 4.90 Å². The third kappa shape index (κ3) is 5.03.